The minimum Gasteiger partial charge on any atom is -0.481 e. The molecule has 6 heteroatoms. The number of aromatic amines is 1. The lowest BCUT2D eigenvalue weighted by Gasteiger charge is -2.05. The van der Waals surface area contributed by atoms with Gasteiger partial charge in [-0.2, -0.15) is 5.10 Å². The Balaban J connectivity index is 2.31. The van der Waals surface area contributed by atoms with E-state index in [1.165, 1.54) is 6.33 Å². The maximum atomic E-state index is 10.4. The van der Waals surface area contributed by atoms with Crippen LogP contribution < -0.4 is 5.32 Å². The molecular weight excluding hydrogens is 160 g/mol. The number of carbonyl (C=O) groups is 1. The lowest BCUT2D eigenvalue weighted by atomic mass is 10.2. The first kappa shape index (κ1) is 8.51. The fourth-order valence-corrected chi connectivity index (χ4v) is 0.628. The van der Waals surface area contributed by atoms with E-state index < -0.39 is 11.9 Å². The Morgan fingerprint density at radius 1 is 1.92 bits per heavy atom. The van der Waals surface area contributed by atoms with E-state index >= 15 is 0 Å². The topological polar surface area (TPSA) is 90.9 Å². The van der Waals surface area contributed by atoms with Gasteiger partial charge < -0.3 is 10.4 Å². The molecule has 0 radical (unpaired) electrons. The highest BCUT2D eigenvalue weighted by Crippen LogP contribution is 1.97. The third-order valence-corrected chi connectivity index (χ3v) is 1.41. The summed E-state index contributed by atoms with van der Waals surface area (Å²) in [6.45, 7) is 1.95. The normalized spacial score (nSPS) is 12.4. The Labute approximate surface area is 69.0 Å². The van der Waals surface area contributed by atoms with Crippen molar-refractivity contribution in [1.29, 1.82) is 0 Å². The van der Waals surface area contributed by atoms with Crippen LogP contribution in [0.2, 0.25) is 0 Å². The lowest BCUT2D eigenvalue weighted by Crippen LogP contribution is -2.20. The first-order chi connectivity index (χ1) is 5.70. The largest absolute Gasteiger partial charge is 0.481 e. The molecule has 1 rings (SSSR count). The zero-order valence-corrected chi connectivity index (χ0v) is 6.61. The number of anilines is 1. The van der Waals surface area contributed by atoms with Gasteiger partial charge in [-0.15, -0.1) is 0 Å². The second kappa shape index (κ2) is 3.70. The van der Waals surface area contributed by atoms with Gasteiger partial charge in [-0.3, -0.25) is 4.79 Å². The highest BCUT2D eigenvalue weighted by Gasteiger charge is 2.10. The summed E-state index contributed by atoms with van der Waals surface area (Å²) in [5.41, 5.74) is 0. The zero-order valence-electron chi connectivity index (χ0n) is 6.61. The maximum Gasteiger partial charge on any atom is 0.308 e. The summed E-state index contributed by atoms with van der Waals surface area (Å²) < 4.78 is 0. The number of aromatic nitrogens is 3. The summed E-state index contributed by atoms with van der Waals surface area (Å²) >= 11 is 0. The molecule has 0 saturated heterocycles. The molecule has 1 unspecified atom stereocenters. The molecule has 0 bridgehead atoms. The van der Waals surface area contributed by atoms with E-state index in [0.29, 0.717) is 12.5 Å². The van der Waals surface area contributed by atoms with Crippen LogP contribution in [-0.2, 0) is 4.79 Å². The predicted octanol–water partition coefficient (Wildman–Crippen LogP) is -0.0627. The second-order valence-electron chi connectivity index (χ2n) is 2.45. The molecule has 1 aromatic heterocycles. The summed E-state index contributed by atoms with van der Waals surface area (Å²) in [6.07, 6.45) is 1.35. The van der Waals surface area contributed by atoms with E-state index in [2.05, 4.69) is 20.5 Å². The Kier molecular flexibility index (Phi) is 2.62. The summed E-state index contributed by atoms with van der Waals surface area (Å²) in [5, 5.41) is 17.5. The number of carboxylic acid groups (broad SMARTS) is 1. The fraction of sp³-hybridized carbons (Fsp3) is 0.500. The first-order valence-corrected chi connectivity index (χ1v) is 3.52. The van der Waals surface area contributed by atoms with Crippen LogP contribution in [-0.4, -0.2) is 32.8 Å². The summed E-state index contributed by atoms with van der Waals surface area (Å²) in [7, 11) is 0. The molecule has 1 aromatic rings. The molecule has 0 aliphatic carbocycles. The SMILES string of the molecule is CC(CNc1ncn[nH]1)C(=O)O. The van der Waals surface area contributed by atoms with Gasteiger partial charge in [-0.25, -0.2) is 10.1 Å². The van der Waals surface area contributed by atoms with Crippen LogP contribution in [0.3, 0.4) is 0 Å². The molecule has 0 aliphatic heterocycles. The molecule has 0 saturated carbocycles. The van der Waals surface area contributed by atoms with Gasteiger partial charge in [0.2, 0.25) is 5.95 Å². The average molecular weight is 170 g/mol. The molecular formula is C6H10N4O2. The average Bonchev–Trinajstić information content (AvgIpc) is 2.51. The van der Waals surface area contributed by atoms with Crippen molar-refractivity contribution in [3.8, 4) is 0 Å². The molecule has 0 fully saturated rings. The Hall–Kier alpha value is -1.59. The summed E-state index contributed by atoms with van der Waals surface area (Å²) in [4.78, 5) is 14.1. The summed E-state index contributed by atoms with van der Waals surface area (Å²) in [5.74, 6) is -0.778. The molecule has 6 nitrogen and oxygen atoms in total. The van der Waals surface area contributed by atoms with Crippen LogP contribution in [0.5, 0.6) is 0 Å². The van der Waals surface area contributed by atoms with Gasteiger partial charge in [0, 0.05) is 6.54 Å². The molecule has 1 heterocycles. The maximum absolute atomic E-state index is 10.4. The van der Waals surface area contributed by atoms with Crippen molar-refractivity contribution in [2.24, 2.45) is 5.92 Å². The van der Waals surface area contributed by atoms with Crippen LogP contribution in [0.15, 0.2) is 6.33 Å². The monoisotopic (exact) mass is 170 g/mol. The van der Waals surface area contributed by atoms with E-state index in [1.807, 2.05) is 0 Å². The summed E-state index contributed by atoms with van der Waals surface area (Å²) in [6, 6.07) is 0. The third kappa shape index (κ3) is 2.22. The third-order valence-electron chi connectivity index (χ3n) is 1.41. The number of H-pyrrole nitrogens is 1. The van der Waals surface area contributed by atoms with Crippen molar-refractivity contribution in [2.75, 3.05) is 11.9 Å². The van der Waals surface area contributed by atoms with Gasteiger partial charge in [0.15, 0.2) is 0 Å². The molecule has 0 spiro atoms. The first-order valence-electron chi connectivity index (χ1n) is 3.52. The number of carboxylic acids is 1. The van der Waals surface area contributed by atoms with Crippen molar-refractivity contribution in [2.45, 2.75) is 6.92 Å². The van der Waals surface area contributed by atoms with E-state index in [9.17, 15) is 4.79 Å². The van der Waals surface area contributed by atoms with Crippen molar-refractivity contribution in [3.63, 3.8) is 0 Å². The predicted molar refractivity (Wildman–Crippen MR) is 41.7 cm³/mol. The van der Waals surface area contributed by atoms with E-state index in [0.717, 1.165) is 0 Å². The molecule has 0 amide bonds. The van der Waals surface area contributed by atoms with Gasteiger partial charge in [-0.05, 0) is 0 Å². The van der Waals surface area contributed by atoms with Crippen LogP contribution in [0.4, 0.5) is 5.95 Å². The number of hydrogen-bond donors (Lipinski definition) is 3. The molecule has 0 aromatic carbocycles. The van der Waals surface area contributed by atoms with Gasteiger partial charge in [0.25, 0.3) is 0 Å². The van der Waals surface area contributed by atoms with Crippen molar-refractivity contribution in [3.05, 3.63) is 6.33 Å². The minimum atomic E-state index is -0.831. The standard InChI is InChI=1S/C6H10N4O2/c1-4(5(11)12)2-7-6-8-3-9-10-6/h3-4H,2H2,1H3,(H,11,12)(H2,7,8,9,10). The molecule has 12 heavy (non-hydrogen) atoms. The highest BCUT2D eigenvalue weighted by molar-refractivity contribution is 5.70. The van der Waals surface area contributed by atoms with Crippen molar-refractivity contribution < 1.29 is 9.90 Å². The molecule has 0 aliphatic rings. The Morgan fingerprint density at radius 2 is 2.67 bits per heavy atom. The van der Waals surface area contributed by atoms with Crippen LogP contribution in [0.25, 0.3) is 0 Å². The van der Waals surface area contributed by atoms with E-state index in [-0.39, 0.29) is 0 Å². The van der Waals surface area contributed by atoms with Crippen molar-refractivity contribution in [1.82, 2.24) is 15.2 Å². The van der Waals surface area contributed by atoms with Crippen LogP contribution in [0.1, 0.15) is 6.92 Å². The minimum absolute atomic E-state index is 0.338. The van der Waals surface area contributed by atoms with Crippen LogP contribution >= 0.6 is 0 Å². The molecule has 3 N–H and O–H groups in total. The number of nitrogens with one attached hydrogen (secondary N) is 2. The molecule has 66 valence electrons. The van der Waals surface area contributed by atoms with E-state index in [1.54, 1.807) is 6.92 Å². The van der Waals surface area contributed by atoms with Gasteiger partial charge in [-0.1, -0.05) is 6.92 Å². The lowest BCUT2D eigenvalue weighted by molar-refractivity contribution is -0.140. The van der Waals surface area contributed by atoms with Gasteiger partial charge in [0.1, 0.15) is 6.33 Å². The number of nitrogens with zero attached hydrogens (tertiary/aromatic N) is 2. The fourth-order valence-electron chi connectivity index (χ4n) is 0.628. The Morgan fingerprint density at radius 3 is 3.17 bits per heavy atom. The second-order valence-corrected chi connectivity index (χ2v) is 2.45. The van der Waals surface area contributed by atoms with Crippen LogP contribution in [0, 0.1) is 5.92 Å². The molecule has 1 atom stereocenters. The Bertz CT molecular complexity index is 246. The van der Waals surface area contributed by atoms with Gasteiger partial charge in [0.05, 0.1) is 5.92 Å². The highest BCUT2D eigenvalue weighted by atomic mass is 16.4. The number of hydrogen-bond acceptors (Lipinski definition) is 4. The number of rotatable bonds is 4. The smallest absolute Gasteiger partial charge is 0.308 e. The van der Waals surface area contributed by atoms with Gasteiger partial charge >= 0.3 is 5.97 Å². The number of aliphatic carboxylic acids is 1. The quantitative estimate of drug-likeness (QED) is 0.588. The van der Waals surface area contributed by atoms with Crippen molar-refractivity contribution >= 4 is 11.9 Å². The van der Waals surface area contributed by atoms with E-state index in [4.69, 9.17) is 5.11 Å². The zero-order chi connectivity index (χ0) is 8.97.